The molecule has 3 aliphatic rings. The average molecular weight is 164 g/mol. The van der Waals surface area contributed by atoms with Crippen molar-refractivity contribution < 1.29 is 13.2 Å². The molecular formula is C8H11F3. The Bertz CT molecular complexity index is 161. The predicted molar refractivity (Wildman–Crippen MR) is 34.9 cm³/mol. The molecule has 0 aromatic heterocycles. The maximum absolute atomic E-state index is 12.2. The van der Waals surface area contributed by atoms with E-state index >= 15 is 0 Å². The Labute approximate surface area is 63.8 Å². The van der Waals surface area contributed by atoms with Crippen LogP contribution in [0.4, 0.5) is 13.2 Å². The van der Waals surface area contributed by atoms with E-state index in [1.165, 1.54) is 0 Å². The summed E-state index contributed by atoms with van der Waals surface area (Å²) >= 11 is 0. The Balaban J connectivity index is 2.12. The highest BCUT2D eigenvalue weighted by molar-refractivity contribution is 5.03. The van der Waals surface area contributed by atoms with Crippen molar-refractivity contribution in [3.8, 4) is 0 Å². The summed E-state index contributed by atoms with van der Waals surface area (Å²) in [4.78, 5) is 0. The minimum absolute atomic E-state index is 0.0417. The van der Waals surface area contributed by atoms with Crippen molar-refractivity contribution in [1.29, 1.82) is 0 Å². The topological polar surface area (TPSA) is 0 Å². The molecule has 0 nitrogen and oxygen atoms in total. The fourth-order valence-electron chi connectivity index (χ4n) is 2.90. The molecule has 0 amide bonds. The van der Waals surface area contributed by atoms with Gasteiger partial charge in [0.05, 0.1) is 5.92 Å². The first-order valence-corrected chi connectivity index (χ1v) is 4.08. The van der Waals surface area contributed by atoms with Gasteiger partial charge in [-0.25, -0.2) is 0 Å². The first-order valence-electron chi connectivity index (χ1n) is 4.08. The van der Waals surface area contributed by atoms with Gasteiger partial charge in [0.25, 0.3) is 0 Å². The molecule has 0 aliphatic heterocycles. The van der Waals surface area contributed by atoms with Crippen molar-refractivity contribution in [3.05, 3.63) is 0 Å². The highest BCUT2D eigenvalue weighted by Crippen LogP contribution is 2.62. The van der Waals surface area contributed by atoms with Gasteiger partial charge in [-0.15, -0.1) is 0 Å². The van der Waals surface area contributed by atoms with Crippen LogP contribution in [-0.4, -0.2) is 6.18 Å². The van der Waals surface area contributed by atoms with Crippen LogP contribution < -0.4 is 0 Å². The summed E-state index contributed by atoms with van der Waals surface area (Å²) in [7, 11) is 0. The molecular weight excluding hydrogens is 153 g/mol. The van der Waals surface area contributed by atoms with Crippen LogP contribution in [0, 0.1) is 23.7 Å². The van der Waals surface area contributed by atoms with Crippen molar-refractivity contribution in [1.82, 2.24) is 0 Å². The Morgan fingerprint density at radius 1 is 1.09 bits per heavy atom. The summed E-state index contributed by atoms with van der Waals surface area (Å²) in [5.74, 6) is -0.695. The lowest BCUT2D eigenvalue weighted by molar-refractivity contribution is -0.234. The molecule has 3 fully saturated rings. The lowest BCUT2D eigenvalue weighted by Gasteiger charge is -2.43. The molecule has 4 atom stereocenters. The predicted octanol–water partition coefficient (Wildman–Crippen LogP) is 2.84. The first kappa shape index (κ1) is 7.44. The van der Waals surface area contributed by atoms with E-state index in [4.69, 9.17) is 0 Å². The molecule has 0 heterocycles. The van der Waals surface area contributed by atoms with Crippen molar-refractivity contribution in [2.75, 3.05) is 0 Å². The van der Waals surface area contributed by atoms with E-state index < -0.39 is 12.1 Å². The molecule has 0 N–H and O–H groups in total. The molecule has 0 aromatic carbocycles. The third-order valence-corrected chi connectivity index (χ3v) is 3.48. The largest absolute Gasteiger partial charge is 0.392 e. The van der Waals surface area contributed by atoms with Gasteiger partial charge in [0.2, 0.25) is 0 Å². The molecule has 64 valence electrons. The van der Waals surface area contributed by atoms with Gasteiger partial charge in [-0.2, -0.15) is 13.2 Å². The monoisotopic (exact) mass is 164 g/mol. The van der Waals surface area contributed by atoms with Crippen LogP contribution in [0.1, 0.15) is 19.8 Å². The zero-order valence-corrected chi connectivity index (χ0v) is 6.36. The molecule has 11 heavy (non-hydrogen) atoms. The minimum atomic E-state index is -3.92. The number of alkyl halides is 3. The molecule has 0 aromatic rings. The Hall–Kier alpha value is -0.210. The fourth-order valence-corrected chi connectivity index (χ4v) is 2.90. The molecule has 3 rings (SSSR count). The summed E-state index contributed by atoms with van der Waals surface area (Å²) < 4.78 is 36.6. The van der Waals surface area contributed by atoms with Crippen LogP contribution in [0.15, 0.2) is 0 Å². The molecule has 3 aliphatic carbocycles. The van der Waals surface area contributed by atoms with Crippen LogP contribution in [0.2, 0.25) is 0 Å². The van der Waals surface area contributed by atoms with Gasteiger partial charge in [0.1, 0.15) is 0 Å². The molecule has 0 radical (unpaired) electrons. The third kappa shape index (κ3) is 0.828. The average Bonchev–Trinajstić information content (AvgIpc) is 2.38. The van der Waals surface area contributed by atoms with Gasteiger partial charge in [-0.1, -0.05) is 6.92 Å². The van der Waals surface area contributed by atoms with Crippen molar-refractivity contribution >= 4 is 0 Å². The zero-order chi connectivity index (χ0) is 8.22. The number of rotatable bonds is 0. The van der Waals surface area contributed by atoms with Gasteiger partial charge in [-0.3, -0.25) is 0 Å². The number of hydrogen-bond donors (Lipinski definition) is 0. The lowest BCUT2D eigenvalue weighted by atomic mass is 9.64. The van der Waals surface area contributed by atoms with Crippen LogP contribution in [0.5, 0.6) is 0 Å². The smallest absolute Gasteiger partial charge is 0.171 e. The summed E-state index contributed by atoms with van der Waals surface area (Å²) in [5, 5.41) is 0. The Kier molecular flexibility index (Phi) is 1.31. The highest BCUT2D eigenvalue weighted by Gasteiger charge is 2.63. The lowest BCUT2D eigenvalue weighted by Crippen LogP contribution is -2.46. The van der Waals surface area contributed by atoms with Gasteiger partial charge in [-0.05, 0) is 30.6 Å². The molecule has 3 saturated carbocycles. The van der Waals surface area contributed by atoms with Crippen molar-refractivity contribution in [2.24, 2.45) is 23.7 Å². The van der Waals surface area contributed by atoms with Gasteiger partial charge in [0.15, 0.2) is 0 Å². The second-order valence-corrected chi connectivity index (χ2v) is 3.83. The summed E-state index contributed by atoms with van der Waals surface area (Å²) in [6, 6.07) is 0. The Morgan fingerprint density at radius 3 is 1.73 bits per heavy atom. The van der Waals surface area contributed by atoms with E-state index in [0.29, 0.717) is 5.92 Å². The number of fused-ring (bicyclic) bond motifs is 1. The maximum atomic E-state index is 12.2. The Morgan fingerprint density at radius 2 is 1.55 bits per heavy atom. The zero-order valence-electron chi connectivity index (χ0n) is 6.36. The third-order valence-electron chi connectivity index (χ3n) is 3.48. The van der Waals surface area contributed by atoms with Crippen molar-refractivity contribution in [2.45, 2.75) is 25.9 Å². The van der Waals surface area contributed by atoms with E-state index in [-0.39, 0.29) is 11.8 Å². The van der Waals surface area contributed by atoms with Gasteiger partial charge in [0, 0.05) is 0 Å². The van der Waals surface area contributed by atoms with Crippen LogP contribution in [0.3, 0.4) is 0 Å². The molecule has 3 heteroatoms. The highest BCUT2D eigenvalue weighted by atomic mass is 19.4. The fraction of sp³-hybridized carbons (Fsp3) is 1.00. The van der Waals surface area contributed by atoms with E-state index in [0.717, 1.165) is 12.8 Å². The van der Waals surface area contributed by atoms with Crippen LogP contribution >= 0.6 is 0 Å². The van der Waals surface area contributed by atoms with E-state index in [2.05, 4.69) is 0 Å². The second kappa shape index (κ2) is 1.93. The van der Waals surface area contributed by atoms with Crippen LogP contribution in [0.25, 0.3) is 0 Å². The number of hydrogen-bond acceptors (Lipinski definition) is 0. The van der Waals surface area contributed by atoms with Gasteiger partial charge >= 0.3 is 6.18 Å². The molecule has 0 spiro atoms. The summed E-state index contributed by atoms with van der Waals surface area (Å²) in [6.07, 6.45) is -2.32. The van der Waals surface area contributed by atoms with Crippen LogP contribution in [-0.2, 0) is 0 Å². The quantitative estimate of drug-likeness (QED) is 0.516. The second-order valence-electron chi connectivity index (χ2n) is 3.83. The normalized spacial score (nSPS) is 49.1. The maximum Gasteiger partial charge on any atom is 0.392 e. The SMILES string of the molecule is C[C@@H]1[C@@H]2CC[C@H]1C2C(F)(F)F. The molecule has 1 unspecified atom stereocenters. The van der Waals surface area contributed by atoms with Gasteiger partial charge < -0.3 is 0 Å². The van der Waals surface area contributed by atoms with Crippen molar-refractivity contribution in [3.63, 3.8) is 0 Å². The summed E-state index contributed by atoms with van der Waals surface area (Å²) in [5.41, 5.74) is 0. The summed E-state index contributed by atoms with van der Waals surface area (Å²) in [6.45, 7) is 1.95. The van der Waals surface area contributed by atoms with E-state index in [9.17, 15) is 13.2 Å². The van der Waals surface area contributed by atoms with E-state index in [1.54, 1.807) is 0 Å². The standard InChI is InChI=1S/C8H11F3/c1-4-5-2-3-6(4)7(5)8(9,10)11/h4-7H,2-3H2,1H3/t4-,5+,6-,7?. The number of halogens is 3. The van der Waals surface area contributed by atoms with E-state index in [1.807, 2.05) is 6.92 Å². The molecule has 2 bridgehead atoms. The molecule has 0 saturated heterocycles. The minimum Gasteiger partial charge on any atom is -0.171 e. The first-order chi connectivity index (χ1) is 5.02.